The van der Waals surface area contributed by atoms with Crippen molar-refractivity contribution in [1.29, 1.82) is 0 Å². The van der Waals surface area contributed by atoms with E-state index in [-0.39, 0.29) is 25.1 Å². The van der Waals surface area contributed by atoms with Gasteiger partial charge in [-0.3, -0.25) is 9.59 Å². The molecule has 2 N–H and O–H groups in total. The number of aromatic nitrogens is 1. The Bertz CT molecular complexity index is 554. The molecule has 0 saturated carbocycles. The summed E-state index contributed by atoms with van der Waals surface area (Å²) in [6.45, 7) is 6.32. The van der Waals surface area contributed by atoms with E-state index in [2.05, 4.69) is 0 Å². The maximum Gasteiger partial charge on any atom is 0.326 e. The molecule has 1 atom stereocenters. The molecule has 0 radical (unpaired) electrons. The number of nitrogens with zero attached hydrogens (tertiary/aromatic N) is 1. The van der Waals surface area contributed by atoms with Gasteiger partial charge in [0.25, 0.3) is 5.56 Å². The van der Waals surface area contributed by atoms with Gasteiger partial charge in [0.1, 0.15) is 6.54 Å². The lowest BCUT2D eigenvalue weighted by Gasteiger charge is -2.35. The highest BCUT2D eigenvalue weighted by Crippen LogP contribution is 2.25. The van der Waals surface area contributed by atoms with Crippen molar-refractivity contribution in [3.8, 4) is 0 Å². The predicted octanol–water partition coefficient (Wildman–Crippen LogP) is 0.476. The van der Waals surface area contributed by atoms with Gasteiger partial charge in [0.15, 0.2) is 0 Å². The van der Waals surface area contributed by atoms with Gasteiger partial charge < -0.3 is 19.5 Å². The van der Waals surface area contributed by atoms with E-state index >= 15 is 0 Å². The van der Waals surface area contributed by atoms with E-state index in [0.29, 0.717) is 5.56 Å². The zero-order valence-corrected chi connectivity index (χ0v) is 12.9. The Morgan fingerprint density at radius 1 is 1.29 bits per heavy atom. The Labute approximate surface area is 124 Å². The summed E-state index contributed by atoms with van der Waals surface area (Å²) in [6, 6.07) is 2.90. The van der Waals surface area contributed by atoms with Gasteiger partial charge in [-0.25, -0.2) is 0 Å². The summed E-state index contributed by atoms with van der Waals surface area (Å²) < 4.78 is 6.04. The molecule has 0 aromatic carbocycles. The number of rotatable bonds is 6. The summed E-state index contributed by atoms with van der Waals surface area (Å²) in [5.41, 5.74) is -2.34. The van der Waals surface area contributed by atoms with E-state index < -0.39 is 17.2 Å². The largest absolute Gasteiger partial charge is 0.465 e. The fourth-order valence-electron chi connectivity index (χ4n) is 1.77. The van der Waals surface area contributed by atoms with Crippen molar-refractivity contribution in [2.75, 3.05) is 6.61 Å². The third kappa shape index (κ3) is 4.68. The second-order valence-corrected chi connectivity index (χ2v) is 5.82. The number of pyridine rings is 1. The van der Waals surface area contributed by atoms with Gasteiger partial charge in [-0.15, -0.1) is 0 Å². The molecule has 0 aliphatic carbocycles. The normalized spacial score (nSPS) is 14.6. The number of aliphatic hydroxyl groups is 2. The number of esters is 1. The summed E-state index contributed by atoms with van der Waals surface area (Å²) in [6.07, 6.45) is 1.65. The van der Waals surface area contributed by atoms with Crippen molar-refractivity contribution < 1.29 is 19.7 Å². The molecule has 21 heavy (non-hydrogen) atoms. The first-order chi connectivity index (χ1) is 9.56. The van der Waals surface area contributed by atoms with Gasteiger partial charge >= 0.3 is 5.97 Å². The van der Waals surface area contributed by atoms with Gasteiger partial charge in [-0.05, 0) is 33.3 Å². The summed E-state index contributed by atoms with van der Waals surface area (Å²) >= 11 is 0. The van der Waals surface area contributed by atoms with Gasteiger partial charge in [-0.2, -0.15) is 0 Å². The molecular weight excluding hydrogens is 274 g/mol. The lowest BCUT2D eigenvalue weighted by molar-refractivity contribution is -0.143. The second kappa shape index (κ2) is 6.41. The van der Waals surface area contributed by atoms with Crippen molar-refractivity contribution >= 4 is 5.97 Å². The van der Waals surface area contributed by atoms with Crippen LogP contribution >= 0.6 is 0 Å². The van der Waals surface area contributed by atoms with Gasteiger partial charge in [0.2, 0.25) is 0 Å². The summed E-state index contributed by atoms with van der Waals surface area (Å²) in [7, 11) is 0. The lowest BCUT2D eigenvalue weighted by Crippen LogP contribution is -2.49. The standard InChI is InChI=1S/C15H23NO5/c1-5-21-13(18)10-16-9-11(6-7-12(16)17)8-15(4,20)14(2,3)19/h6-7,9,19-20H,5,8,10H2,1-4H3. The molecule has 6 heteroatoms. The Kier molecular flexibility index (Phi) is 5.31. The van der Waals surface area contributed by atoms with E-state index in [1.165, 1.54) is 37.6 Å². The topological polar surface area (TPSA) is 88.8 Å². The van der Waals surface area contributed by atoms with Crippen LogP contribution in [0.2, 0.25) is 0 Å². The van der Waals surface area contributed by atoms with Gasteiger partial charge in [0, 0.05) is 18.7 Å². The molecule has 1 unspecified atom stereocenters. The molecule has 0 spiro atoms. The molecule has 0 aliphatic rings. The summed E-state index contributed by atoms with van der Waals surface area (Å²) in [4.78, 5) is 23.2. The average molecular weight is 297 g/mol. The van der Waals surface area contributed by atoms with Crippen LogP contribution in [-0.4, -0.2) is 38.6 Å². The third-order valence-electron chi connectivity index (χ3n) is 3.52. The minimum Gasteiger partial charge on any atom is -0.465 e. The third-order valence-corrected chi connectivity index (χ3v) is 3.52. The Morgan fingerprint density at radius 3 is 2.43 bits per heavy atom. The highest BCUT2D eigenvalue weighted by atomic mass is 16.5. The Balaban J connectivity index is 2.97. The highest BCUT2D eigenvalue weighted by Gasteiger charge is 2.37. The van der Waals surface area contributed by atoms with Crippen LogP contribution in [0.5, 0.6) is 0 Å². The second-order valence-electron chi connectivity index (χ2n) is 5.82. The maximum atomic E-state index is 11.7. The van der Waals surface area contributed by atoms with Crippen molar-refractivity contribution in [3.05, 3.63) is 34.2 Å². The molecular formula is C15H23NO5. The van der Waals surface area contributed by atoms with Crippen LogP contribution in [0.15, 0.2) is 23.1 Å². The zero-order valence-electron chi connectivity index (χ0n) is 12.9. The molecule has 1 aromatic rings. The molecule has 6 nitrogen and oxygen atoms in total. The van der Waals surface area contributed by atoms with Crippen molar-refractivity contribution in [3.63, 3.8) is 0 Å². The van der Waals surface area contributed by atoms with E-state index in [9.17, 15) is 19.8 Å². The van der Waals surface area contributed by atoms with Crippen molar-refractivity contribution in [2.24, 2.45) is 0 Å². The molecule has 1 aromatic heterocycles. The molecule has 0 bridgehead atoms. The first-order valence-electron chi connectivity index (χ1n) is 6.86. The first kappa shape index (κ1) is 17.4. The predicted molar refractivity (Wildman–Crippen MR) is 78.0 cm³/mol. The molecule has 118 valence electrons. The number of carbonyl (C=O) groups excluding carboxylic acids is 1. The van der Waals surface area contributed by atoms with Crippen LogP contribution in [0.4, 0.5) is 0 Å². The van der Waals surface area contributed by atoms with Crippen molar-refractivity contribution in [1.82, 2.24) is 4.57 Å². The van der Waals surface area contributed by atoms with Crippen LogP contribution < -0.4 is 5.56 Å². The van der Waals surface area contributed by atoms with Crippen molar-refractivity contribution in [2.45, 2.75) is 51.9 Å². The van der Waals surface area contributed by atoms with E-state index in [0.717, 1.165) is 0 Å². The molecule has 1 heterocycles. The number of carbonyl (C=O) groups is 1. The van der Waals surface area contributed by atoms with Gasteiger partial charge in [0.05, 0.1) is 17.8 Å². The molecule has 0 fully saturated rings. The molecule has 0 amide bonds. The van der Waals surface area contributed by atoms with Crippen LogP contribution in [-0.2, 0) is 22.5 Å². The lowest BCUT2D eigenvalue weighted by atomic mass is 9.83. The molecule has 0 saturated heterocycles. The number of ether oxygens (including phenoxy) is 1. The van der Waals surface area contributed by atoms with Gasteiger partial charge in [-0.1, -0.05) is 6.07 Å². The van der Waals surface area contributed by atoms with E-state index in [1.807, 2.05) is 0 Å². The van der Waals surface area contributed by atoms with Crippen LogP contribution in [0, 0.1) is 0 Å². The highest BCUT2D eigenvalue weighted by molar-refractivity contribution is 5.69. The van der Waals surface area contributed by atoms with Crippen LogP contribution in [0.3, 0.4) is 0 Å². The number of hydrogen-bond acceptors (Lipinski definition) is 5. The van der Waals surface area contributed by atoms with Crippen LogP contribution in [0.1, 0.15) is 33.3 Å². The first-order valence-corrected chi connectivity index (χ1v) is 6.86. The van der Waals surface area contributed by atoms with Crippen LogP contribution in [0.25, 0.3) is 0 Å². The SMILES string of the molecule is CCOC(=O)Cn1cc(CC(C)(O)C(C)(C)O)ccc1=O. The number of hydrogen-bond donors (Lipinski definition) is 2. The fraction of sp³-hybridized carbons (Fsp3) is 0.600. The Hall–Kier alpha value is -1.66. The monoisotopic (exact) mass is 297 g/mol. The summed E-state index contributed by atoms with van der Waals surface area (Å²) in [5.74, 6) is -0.494. The average Bonchev–Trinajstić information content (AvgIpc) is 2.32. The Morgan fingerprint density at radius 2 is 1.90 bits per heavy atom. The summed E-state index contributed by atoms with van der Waals surface area (Å²) in [5, 5.41) is 20.3. The smallest absolute Gasteiger partial charge is 0.326 e. The minimum atomic E-state index is -1.36. The van der Waals surface area contributed by atoms with E-state index in [1.54, 1.807) is 13.0 Å². The van der Waals surface area contributed by atoms with E-state index in [4.69, 9.17) is 4.74 Å². The molecule has 1 rings (SSSR count). The minimum absolute atomic E-state index is 0.152. The zero-order chi connectivity index (χ0) is 16.3. The quantitative estimate of drug-likeness (QED) is 0.745. The maximum absolute atomic E-state index is 11.7. The molecule has 0 aliphatic heterocycles. The fourth-order valence-corrected chi connectivity index (χ4v) is 1.77.